The lowest BCUT2D eigenvalue weighted by Crippen LogP contribution is -2.31. The van der Waals surface area contributed by atoms with Crippen LogP contribution >= 0.6 is 0 Å². The lowest BCUT2D eigenvalue weighted by atomic mass is 10.1. The highest BCUT2D eigenvalue weighted by atomic mass is 16.5. The number of rotatable bonds is 8. The van der Waals surface area contributed by atoms with E-state index in [0.717, 1.165) is 61.7 Å². The van der Waals surface area contributed by atoms with E-state index in [9.17, 15) is 5.11 Å². The van der Waals surface area contributed by atoms with Gasteiger partial charge in [0.1, 0.15) is 11.5 Å². The fourth-order valence-corrected chi connectivity index (χ4v) is 3.80. The van der Waals surface area contributed by atoms with E-state index in [2.05, 4.69) is 27.2 Å². The second-order valence-electron chi connectivity index (χ2n) is 7.47. The van der Waals surface area contributed by atoms with E-state index < -0.39 is 0 Å². The first-order valence-electron chi connectivity index (χ1n) is 10.00. The van der Waals surface area contributed by atoms with Gasteiger partial charge in [-0.05, 0) is 54.8 Å². The van der Waals surface area contributed by atoms with Crippen LogP contribution in [0.4, 0.5) is 0 Å². The SMILES string of the molecule is COc1ccc(CN(Cc2cn[nH]c2-c2ccc(O)cc2)C[C@@H]2CCCO2)cc1. The number of benzene rings is 2. The molecule has 1 aliphatic rings. The van der Waals surface area contributed by atoms with Crippen LogP contribution in [-0.4, -0.2) is 46.6 Å². The molecule has 2 aromatic carbocycles. The molecule has 1 saturated heterocycles. The van der Waals surface area contributed by atoms with E-state index >= 15 is 0 Å². The molecule has 6 nitrogen and oxygen atoms in total. The molecule has 152 valence electrons. The van der Waals surface area contributed by atoms with Gasteiger partial charge in [0, 0.05) is 37.4 Å². The third-order valence-corrected chi connectivity index (χ3v) is 5.32. The Hall–Kier alpha value is -2.83. The molecule has 3 aromatic rings. The van der Waals surface area contributed by atoms with E-state index in [1.807, 2.05) is 30.5 Å². The zero-order valence-corrected chi connectivity index (χ0v) is 16.7. The van der Waals surface area contributed by atoms with Crippen molar-refractivity contribution in [3.63, 3.8) is 0 Å². The molecule has 0 saturated carbocycles. The molecule has 2 N–H and O–H groups in total. The molecule has 1 aromatic heterocycles. The number of aromatic hydroxyl groups is 1. The van der Waals surface area contributed by atoms with Crippen LogP contribution in [0.15, 0.2) is 54.7 Å². The largest absolute Gasteiger partial charge is 0.508 e. The van der Waals surface area contributed by atoms with Gasteiger partial charge in [0.05, 0.1) is 25.1 Å². The van der Waals surface area contributed by atoms with Gasteiger partial charge in [0.15, 0.2) is 0 Å². The topological polar surface area (TPSA) is 70.6 Å². The maximum atomic E-state index is 9.57. The standard InChI is InChI=1S/C23H27N3O3/c1-28-21-10-4-17(5-11-21)14-26(16-22-3-2-12-29-22)15-19-13-24-25-23(19)18-6-8-20(27)9-7-18/h4-11,13,22,27H,2-3,12,14-16H2,1H3,(H,24,25)/t22-/m0/s1. The number of ether oxygens (including phenoxy) is 2. The Morgan fingerprint density at radius 3 is 2.62 bits per heavy atom. The van der Waals surface area contributed by atoms with Crippen LogP contribution in [0, 0.1) is 0 Å². The van der Waals surface area contributed by atoms with Crippen molar-refractivity contribution in [3.05, 3.63) is 65.9 Å². The van der Waals surface area contributed by atoms with Crippen molar-refractivity contribution >= 4 is 0 Å². The predicted molar refractivity (Wildman–Crippen MR) is 112 cm³/mol. The average molecular weight is 393 g/mol. The summed E-state index contributed by atoms with van der Waals surface area (Å²) in [7, 11) is 1.68. The Labute approximate surface area is 171 Å². The molecule has 1 aliphatic heterocycles. The molecule has 0 aliphatic carbocycles. The van der Waals surface area contributed by atoms with Crippen molar-refractivity contribution in [3.8, 4) is 22.8 Å². The monoisotopic (exact) mass is 393 g/mol. The van der Waals surface area contributed by atoms with Gasteiger partial charge in [-0.3, -0.25) is 10.00 Å². The normalized spacial score (nSPS) is 16.4. The van der Waals surface area contributed by atoms with Crippen molar-refractivity contribution in [2.45, 2.75) is 32.0 Å². The number of nitrogens with one attached hydrogen (secondary N) is 1. The lowest BCUT2D eigenvalue weighted by Gasteiger charge is -2.25. The van der Waals surface area contributed by atoms with E-state index in [1.54, 1.807) is 19.2 Å². The molecule has 2 heterocycles. The number of hydrogen-bond acceptors (Lipinski definition) is 5. The number of phenols is 1. The molecule has 1 fully saturated rings. The molecule has 1 atom stereocenters. The van der Waals surface area contributed by atoms with Gasteiger partial charge >= 0.3 is 0 Å². The number of H-pyrrole nitrogens is 1. The first kappa shape index (κ1) is 19.5. The Kier molecular flexibility index (Phi) is 6.12. The molecule has 0 bridgehead atoms. The summed E-state index contributed by atoms with van der Waals surface area (Å²) in [6.45, 7) is 3.32. The highest BCUT2D eigenvalue weighted by Crippen LogP contribution is 2.26. The molecule has 0 radical (unpaired) electrons. The van der Waals surface area contributed by atoms with Crippen molar-refractivity contribution in [1.29, 1.82) is 0 Å². The van der Waals surface area contributed by atoms with Crippen molar-refractivity contribution in [2.75, 3.05) is 20.3 Å². The summed E-state index contributed by atoms with van der Waals surface area (Å²) in [5, 5.41) is 17.0. The van der Waals surface area contributed by atoms with Gasteiger partial charge in [-0.1, -0.05) is 12.1 Å². The van der Waals surface area contributed by atoms with Crippen LogP contribution in [0.5, 0.6) is 11.5 Å². The molecule has 6 heteroatoms. The van der Waals surface area contributed by atoms with Gasteiger partial charge < -0.3 is 14.6 Å². The Bertz CT molecular complexity index is 900. The van der Waals surface area contributed by atoms with Crippen LogP contribution in [0.2, 0.25) is 0 Å². The third-order valence-electron chi connectivity index (χ3n) is 5.32. The number of aromatic nitrogens is 2. The molecule has 29 heavy (non-hydrogen) atoms. The van der Waals surface area contributed by atoms with Crippen LogP contribution in [0.1, 0.15) is 24.0 Å². The molecule has 4 rings (SSSR count). The third kappa shape index (κ3) is 4.96. The minimum Gasteiger partial charge on any atom is -0.508 e. The lowest BCUT2D eigenvalue weighted by molar-refractivity contribution is 0.0679. The number of methoxy groups -OCH3 is 1. The van der Waals surface area contributed by atoms with E-state index in [4.69, 9.17) is 9.47 Å². The zero-order chi connectivity index (χ0) is 20.1. The fraction of sp³-hybridized carbons (Fsp3) is 0.348. The fourth-order valence-electron chi connectivity index (χ4n) is 3.80. The molecular weight excluding hydrogens is 366 g/mol. The van der Waals surface area contributed by atoms with Gasteiger partial charge in [-0.2, -0.15) is 5.10 Å². The second kappa shape index (κ2) is 9.11. The maximum absolute atomic E-state index is 9.57. The van der Waals surface area contributed by atoms with E-state index in [1.165, 1.54) is 5.56 Å². The smallest absolute Gasteiger partial charge is 0.118 e. The molecule has 0 unspecified atom stereocenters. The van der Waals surface area contributed by atoms with Crippen LogP contribution in [0.3, 0.4) is 0 Å². The summed E-state index contributed by atoms with van der Waals surface area (Å²) in [4.78, 5) is 2.41. The Morgan fingerprint density at radius 2 is 1.93 bits per heavy atom. The quantitative estimate of drug-likeness (QED) is 0.606. The van der Waals surface area contributed by atoms with Crippen molar-refractivity contribution < 1.29 is 14.6 Å². The van der Waals surface area contributed by atoms with Crippen LogP contribution in [-0.2, 0) is 17.8 Å². The summed E-state index contributed by atoms with van der Waals surface area (Å²) in [5.74, 6) is 1.12. The minimum absolute atomic E-state index is 0.259. The second-order valence-corrected chi connectivity index (χ2v) is 7.47. The predicted octanol–water partition coefficient (Wildman–Crippen LogP) is 3.97. The summed E-state index contributed by atoms with van der Waals surface area (Å²) in [5.41, 5.74) is 4.36. The van der Waals surface area contributed by atoms with E-state index in [-0.39, 0.29) is 11.9 Å². The number of aromatic amines is 1. The van der Waals surface area contributed by atoms with E-state index in [0.29, 0.717) is 0 Å². The highest BCUT2D eigenvalue weighted by Gasteiger charge is 2.21. The van der Waals surface area contributed by atoms with Gasteiger partial charge in [0.25, 0.3) is 0 Å². The Morgan fingerprint density at radius 1 is 1.14 bits per heavy atom. The minimum atomic E-state index is 0.259. The summed E-state index contributed by atoms with van der Waals surface area (Å²) < 4.78 is 11.2. The molecule has 0 spiro atoms. The Balaban J connectivity index is 1.53. The number of phenolic OH excluding ortho intramolecular Hbond substituents is 1. The molecule has 0 amide bonds. The first-order chi connectivity index (χ1) is 14.2. The van der Waals surface area contributed by atoms with Gasteiger partial charge in [-0.25, -0.2) is 0 Å². The number of hydrogen-bond donors (Lipinski definition) is 2. The maximum Gasteiger partial charge on any atom is 0.118 e. The first-order valence-corrected chi connectivity index (χ1v) is 10.00. The highest BCUT2D eigenvalue weighted by molar-refractivity contribution is 5.63. The van der Waals surface area contributed by atoms with Crippen LogP contribution in [0.25, 0.3) is 11.3 Å². The zero-order valence-electron chi connectivity index (χ0n) is 16.7. The summed E-state index contributed by atoms with van der Waals surface area (Å²) >= 11 is 0. The summed E-state index contributed by atoms with van der Waals surface area (Å²) in [6, 6.07) is 15.4. The van der Waals surface area contributed by atoms with Gasteiger partial charge in [-0.15, -0.1) is 0 Å². The molecular formula is C23H27N3O3. The average Bonchev–Trinajstić information content (AvgIpc) is 3.41. The van der Waals surface area contributed by atoms with Crippen molar-refractivity contribution in [2.24, 2.45) is 0 Å². The van der Waals surface area contributed by atoms with Crippen molar-refractivity contribution in [1.82, 2.24) is 15.1 Å². The number of nitrogens with zero attached hydrogens (tertiary/aromatic N) is 2. The summed E-state index contributed by atoms with van der Waals surface area (Å²) in [6.07, 6.45) is 4.40. The van der Waals surface area contributed by atoms with Gasteiger partial charge in [0.2, 0.25) is 0 Å². The van der Waals surface area contributed by atoms with Crippen LogP contribution < -0.4 is 4.74 Å².